The second-order valence-corrected chi connectivity index (χ2v) is 16.7. The first-order valence-corrected chi connectivity index (χ1v) is 15.5. The van der Waals surface area contributed by atoms with Crippen LogP contribution in [-0.4, -0.2) is 59.7 Å². The molecule has 0 N–H and O–H groups in total. The third kappa shape index (κ3) is 9.58. The highest BCUT2D eigenvalue weighted by atomic mass is 28.4. The Kier molecular flexibility index (Phi) is 13.0. The van der Waals surface area contributed by atoms with Crippen LogP contribution in [-0.2, 0) is 23.2 Å². The van der Waals surface area contributed by atoms with E-state index in [0.29, 0.717) is 24.6 Å². The van der Waals surface area contributed by atoms with Crippen molar-refractivity contribution in [2.45, 2.75) is 91.5 Å². The number of ketones is 1. The fourth-order valence-corrected chi connectivity index (χ4v) is 12.6. The topological polar surface area (TPSA) is 74.2 Å². The quantitative estimate of drug-likeness (QED) is 0.217. The molecule has 0 rings (SSSR count). The number of nitrogens with zero attached hydrogens (tertiary/aromatic N) is 1. The summed E-state index contributed by atoms with van der Waals surface area (Å²) in [5, 5.41) is 0. The molecule has 0 aromatic heterocycles. The Morgan fingerprint density at radius 3 is 1.86 bits per heavy atom. The number of ether oxygens (including phenoxy) is 2. The first kappa shape index (κ1) is 27.2. The van der Waals surface area contributed by atoms with Gasteiger partial charge in [0.05, 0.1) is 18.7 Å². The Hall–Kier alpha value is -0.836. The number of aliphatic imine (C=N–C) groups is 1. The van der Waals surface area contributed by atoms with E-state index in [4.69, 9.17) is 13.6 Å². The molecule has 0 saturated heterocycles. The molecule has 0 spiro atoms. The van der Waals surface area contributed by atoms with Crippen LogP contribution >= 0.6 is 0 Å². The summed E-state index contributed by atoms with van der Waals surface area (Å²) in [7, 11) is -2.41. The van der Waals surface area contributed by atoms with Crippen molar-refractivity contribution in [3.63, 3.8) is 0 Å². The van der Waals surface area contributed by atoms with Crippen molar-refractivity contribution in [3.8, 4) is 0 Å². The van der Waals surface area contributed by atoms with Gasteiger partial charge in [-0.15, -0.1) is 0 Å². The van der Waals surface area contributed by atoms with E-state index < -0.39 is 16.6 Å². The van der Waals surface area contributed by atoms with Crippen molar-refractivity contribution in [1.29, 1.82) is 0 Å². The van der Waals surface area contributed by atoms with Gasteiger partial charge in [0.15, 0.2) is 0 Å². The molecule has 0 radical (unpaired) electrons. The summed E-state index contributed by atoms with van der Waals surface area (Å²) in [6, 6.07) is 3.72. The van der Waals surface area contributed by atoms with E-state index in [-0.39, 0.29) is 24.2 Å². The van der Waals surface area contributed by atoms with Gasteiger partial charge in [0.25, 0.3) is 0 Å². The Balaban J connectivity index is 4.99. The predicted octanol–water partition coefficient (Wildman–Crippen LogP) is 4.46. The van der Waals surface area contributed by atoms with Crippen LogP contribution in [0.3, 0.4) is 0 Å². The zero-order chi connectivity index (χ0) is 21.8. The number of carbonyl (C=O) groups is 2. The third-order valence-electron chi connectivity index (χ3n) is 5.34. The number of carbonyl (C=O) groups excluding carboxylic acids is 2. The normalized spacial score (nSPS) is 14.1. The van der Waals surface area contributed by atoms with E-state index in [1.54, 1.807) is 14.0 Å². The average Bonchev–Trinajstić information content (AvgIpc) is 2.63. The van der Waals surface area contributed by atoms with Crippen LogP contribution in [0.4, 0.5) is 0 Å². The molecule has 0 saturated carbocycles. The molecule has 0 aromatic rings. The highest BCUT2D eigenvalue weighted by Crippen LogP contribution is 2.28. The lowest BCUT2D eigenvalue weighted by atomic mass is 10.2. The number of hydrogen-bond acceptors (Lipinski definition) is 6. The predicted molar refractivity (Wildman–Crippen MR) is 120 cm³/mol. The molecule has 0 aliphatic rings. The molecule has 0 aromatic carbocycles. The van der Waals surface area contributed by atoms with Crippen molar-refractivity contribution < 1.29 is 23.2 Å². The molecule has 0 amide bonds. The smallest absolute Gasteiger partial charge is 0.311 e. The lowest BCUT2D eigenvalue weighted by Crippen LogP contribution is -2.56. The second-order valence-electron chi connectivity index (χ2n) is 7.77. The molecule has 28 heavy (non-hydrogen) atoms. The van der Waals surface area contributed by atoms with Crippen LogP contribution < -0.4 is 0 Å². The van der Waals surface area contributed by atoms with E-state index in [1.165, 1.54) is 0 Å². The third-order valence-corrected chi connectivity index (χ3v) is 15.4. The molecule has 164 valence electrons. The maximum Gasteiger partial charge on any atom is 0.311 e. The summed E-state index contributed by atoms with van der Waals surface area (Å²) in [6.45, 7) is 13.9. The van der Waals surface area contributed by atoms with Crippen LogP contribution in [0.15, 0.2) is 4.99 Å². The van der Waals surface area contributed by atoms with Crippen molar-refractivity contribution in [3.05, 3.63) is 0 Å². The van der Waals surface area contributed by atoms with Gasteiger partial charge in [-0.2, -0.15) is 0 Å². The highest BCUT2D eigenvalue weighted by Gasteiger charge is 2.43. The fraction of sp³-hybridized carbons (Fsp3) is 0.850. The lowest BCUT2D eigenvalue weighted by molar-refractivity contribution is -0.140. The van der Waals surface area contributed by atoms with E-state index in [0.717, 1.165) is 24.2 Å². The number of hydrogen-bond donors (Lipinski definition) is 0. The van der Waals surface area contributed by atoms with Crippen LogP contribution in [0.2, 0.25) is 24.2 Å². The maximum absolute atomic E-state index is 12.3. The van der Waals surface area contributed by atoms with Gasteiger partial charge in [-0.1, -0.05) is 27.7 Å². The highest BCUT2D eigenvalue weighted by molar-refractivity contribution is 6.87. The molecule has 0 aliphatic carbocycles. The van der Waals surface area contributed by atoms with Crippen LogP contribution in [0, 0.1) is 0 Å². The van der Waals surface area contributed by atoms with Crippen molar-refractivity contribution in [1.82, 2.24) is 0 Å². The summed E-state index contributed by atoms with van der Waals surface area (Å²) < 4.78 is 18.0. The molecule has 0 aliphatic heterocycles. The van der Waals surface area contributed by atoms with Crippen LogP contribution in [0.25, 0.3) is 0 Å². The van der Waals surface area contributed by atoms with Gasteiger partial charge in [-0.3, -0.25) is 14.6 Å². The molecule has 0 bridgehead atoms. The Bertz CT molecular complexity index is 517. The Labute approximate surface area is 173 Å². The molecular formula is C20H41NO5Si2. The summed E-state index contributed by atoms with van der Waals surface area (Å²) in [5.41, 5.74) is 0.699. The largest absolute Gasteiger partial charge is 0.466 e. The average molecular weight is 432 g/mol. The van der Waals surface area contributed by atoms with Crippen LogP contribution in [0.5, 0.6) is 0 Å². The van der Waals surface area contributed by atoms with Gasteiger partial charge in [0.1, 0.15) is 12.0 Å². The molecule has 6 nitrogen and oxygen atoms in total. The minimum absolute atomic E-state index is 0.0982. The van der Waals surface area contributed by atoms with Crippen molar-refractivity contribution >= 4 is 34.1 Å². The second kappa shape index (κ2) is 13.4. The van der Waals surface area contributed by atoms with E-state index in [1.807, 2.05) is 13.8 Å². The first-order chi connectivity index (χ1) is 13.1. The van der Waals surface area contributed by atoms with Gasteiger partial charge in [0.2, 0.25) is 16.6 Å². The lowest BCUT2D eigenvalue weighted by Gasteiger charge is -2.40. The zero-order valence-corrected chi connectivity index (χ0v) is 21.2. The first-order valence-electron chi connectivity index (χ1n) is 10.5. The van der Waals surface area contributed by atoms with Gasteiger partial charge in [-0.25, -0.2) is 0 Å². The molecule has 1 atom stereocenters. The summed E-state index contributed by atoms with van der Waals surface area (Å²) in [5.74, 6) is -0.174. The SMILES string of the molecule is CC[Si](CC)(COC)O[Si](CC)(CC)COC(=O)C/C(C)=N/C(C)CC(C)=O. The van der Waals surface area contributed by atoms with E-state index in [9.17, 15) is 9.59 Å². The van der Waals surface area contributed by atoms with Crippen molar-refractivity contribution in [2.75, 3.05) is 19.6 Å². The monoisotopic (exact) mass is 431 g/mol. The number of Topliss-reactive ketones (excluding diaryl/α,β-unsaturated/α-hetero) is 1. The number of rotatable bonds is 15. The van der Waals surface area contributed by atoms with Gasteiger partial charge in [0, 0.05) is 19.2 Å². The van der Waals surface area contributed by atoms with Crippen molar-refractivity contribution in [2.24, 2.45) is 4.99 Å². The Morgan fingerprint density at radius 1 is 0.929 bits per heavy atom. The Morgan fingerprint density at radius 2 is 1.43 bits per heavy atom. The molecular weight excluding hydrogens is 390 g/mol. The minimum Gasteiger partial charge on any atom is -0.466 e. The van der Waals surface area contributed by atoms with E-state index in [2.05, 4.69) is 32.7 Å². The summed E-state index contributed by atoms with van der Waals surface area (Å²) in [6.07, 6.45) is 1.61. The summed E-state index contributed by atoms with van der Waals surface area (Å²) in [4.78, 5) is 27.9. The van der Waals surface area contributed by atoms with Crippen LogP contribution in [0.1, 0.15) is 61.3 Å². The van der Waals surface area contributed by atoms with E-state index >= 15 is 0 Å². The molecule has 0 heterocycles. The number of methoxy groups -OCH3 is 1. The molecule has 0 fully saturated rings. The number of esters is 1. The summed E-state index contributed by atoms with van der Waals surface area (Å²) >= 11 is 0. The maximum atomic E-state index is 12.3. The van der Waals surface area contributed by atoms with Gasteiger partial charge >= 0.3 is 5.97 Å². The zero-order valence-electron chi connectivity index (χ0n) is 19.2. The molecule has 8 heteroatoms. The molecule has 1 unspecified atom stereocenters. The minimum atomic E-state index is -2.17. The van der Waals surface area contributed by atoms with Gasteiger partial charge in [-0.05, 0) is 44.9 Å². The fourth-order valence-electron chi connectivity index (χ4n) is 3.33. The standard InChI is InChI=1S/C20H41NO5Si2/c1-9-27(10-2,15-24-8)26-28(11-3,12-4)16-25-20(23)14-18(6)21-17(5)13-19(7)22/h17H,9-16H2,1-8H3/b21-18+. The van der Waals surface area contributed by atoms with Gasteiger partial charge < -0.3 is 13.6 Å².